The molecule has 0 N–H and O–H groups in total. The molecule has 3 heteroatoms. The lowest BCUT2D eigenvalue weighted by Gasteiger charge is -2.19. The molecule has 0 radical (unpaired) electrons. The number of hydrogen-bond donors (Lipinski definition) is 0. The first-order valence-corrected chi connectivity index (χ1v) is 6.10. The second-order valence-corrected chi connectivity index (χ2v) is 4.37. The molecule has 0 saturated carbocycles. The fraction of sp³-hybridized carbons (Fsp3) is 0.846. The Labute approximate surface area is 96.9 Å². The third kappa shape index (κ3) is 6.19. The van der Waals surface area contributed by atoms with Gasteiger partial charge in [-0.15, -0.1) is 0 Å². The molecule has 0 spiro atoms. The Morgan fingerprint density at radius 1 is 0.875 bits per heavy atom. The molecule has 0 atom stereocenters. The molecule has 0 aromatic heterocycles. The zero-order chi connectivity index (χ0) is 12.3. The van der Waals surface area contributed by atoms with Crippen molar-refractivity contribution in [1.29, 1.82) is 0 Å². The average molecular weight is 236 g/mol. The minimum Gasteiger partial charge on any atom is -0.250 e. The van der Waals surface area contributed by atoms with Crippen LogP contribution in [0.5, 0.6) is 0 Å². The van der Waals surface area contributed by atoms with Gasteiger partial charge in [0.05, 0.1) is 5.41 Å². The standard InChI is InChI=1S/C13H23F3/c1-2-3-4-5-6-7-8-9-13(10-14,11-15)12-16/h8-9H,2-7,10-12H2,1H3. The van der Waals surface area contributed by atoms with E-state index in [1.165, 1.54) is 25.3 Å². The summed E-state index contributed by atoms with van der Waals surface area (Å²) in [6.07, 6.45) is 9.63. The van der Waals surface area contributed by atoms with Crippen LogP contribution in [0.3, 0.4) is 0 Å². The third-order valence-electron chi connectivity index (χ3n) is 2.74. The smallest absolute Gasteiger partial charge is 0.104 e. The summed E-state index contributed by atoms with van der Waals surface area (Å²) >= 11 is 0. The molecule has 0 aromatic carbocycles. The van der Waals surface area contributed by atoms with E-state index >= 15 is 0 Å². The summed E-state index contributed by atoms with van der Waals surface area (Å²) in [5.41, 5.74) is -1.51. The predicted molar refractivity (Wildman–Crippen MR) is 62.9 cm³/mol. The van der Waals surface area contributed by atoms with Gasteiger partial charge in [-0.3, -0.25) is 0 Å². The average Bonchev–Trinajstić information content (AvgIpc) is 2.34. The van der Waals surface area contributed by atoms with Gasteiger partial charge in [0.2, 0.25) is 0 Å². The summed E-state index contributed by atoms with van der Waals surface area (Å²) in [6.45, 7) is -0.747. The number of alkyl halides is 3. The SMILES string of the molecule is CCCCCCCC=CC(CF)(CF)CF. The van der Waals surface area contributed by atoms with E-state index in [1.807, 2.05) is 0 Å². The van der Waals surface area contributed by atoms with Crippen LogP contribution in [0.15, 0.2) is 12.2 Å². The van der Waals surface area contributed by atoms with Crippen LogP contribution in [0.25, 0.3) is 0 Å². The summed E-state index contributed by atoms with van der Waals surface area (Å²) in [5.74, 6) is 0. The van der Waals surface area contributed by atoms with Crippen LogP contribution >= 0.6 is 0 Å². The highest BCUT2D eigenvalue weighted by molar-refractivity contribution is 4.99. The van der Waals surface area contributed by atoms with Gasteiger partial charge in [0.15, 0.2) is 0 Å². The van der Waals surface area contributed by atoms with Crippen molar-refractivity contribution < 1.29 is 13.2 Å². The van der Waals surface area contributed by atoms with Crippen LogP contribution in [0.1, 0.15) is 45.4 Å². The van der Waals surface area contributed by atoms with Crippen molar-refractivity contribution in [3.05, 3.63) is 12.2 Å². The molecule has 0 unspecified atom stereocenters. The predicted octanol–water partition coefficient (Wildman–Crippen LogP) is 4.80. The van der Waals surface area contributed by atoms with Crippen molar-refractivity contribution >= 4 is 0 Å². The van der Waals surface area contributed by atoms with E-state index in [0.29, 0.717) is 0 Å². The summed E-state index contributed by atoms with van der Waals surface area (Å²) in [6, 6.07) is 0. The second-order valence-electron chi connectivity index (χ2n) is 4.37. The van der Waals surface area contributed by atoms with Crippen LogP contribution in [0.2, 0.25) is 0 Å². The Morgan fingerprint density at radius 2 is 1.44 bits per heavy atom. The molecule has 0 aliphatic rings. The summed E-state index contributed by atoms with van der Waals surface area (Å²) in [4.78, 5) is 0. The summed E-state index contributed by atoms with van der Waals surface area (Å²) < 4.78 is 37.4. The Balaban J connectivity index is 3.72. The third-order valence-corrected chi connectivity index (χ3v) is 2.74. The quantitative estimate of drug-likeness (QED) is 0.377. The monoisotopic (exact) mass is 236 g/mol. The first kappa shape index (κ1) is 15.5. The van der Waals surface area contributed by atoms with E-state index in [9.17, 15) is 13.2 Å². The molecule has 0 bridgehead atoms. The number of unbranched alkanes of at least 4 members (excludes halogenated alkanes) is 5. The van der Waals surface area contributed by atoms with E-state index < -0.39 is 25.4 Å². The highest BCUT2D eigenvalue weighted by Crippen LogP contribution is 2.22. The van der Waals surface area contributed by atoms with E-state index in [-0.39, 0.29) is 0 Å². The molecule has 0 aromatic rings. The molecule has 96 valence electrons. The van der Waals surface area contributed by atoms with Crippen molar-refractivity contribution in [3.8, 4) is 0 Å². The van der Waals surface area contributed by atoms with E-state index in [2.05, 4.69) is 6.92 Å². The molecular weight excluding hydrogens is 213 g/mol. The van der Waals surface area contributed by atoms with Gasteiger partial charge < -0.3 is 0 Å². The normalized spacial score (nSPS) is 12.5. The second kappa shape index (κ2) is 9.73. The Bertz CT molecular complexity index is 166. The molecule has 0 aliphatic heterocycles. The maximum absolute atomic E-state index is 12.5. The molecule has 0 fully saturated rings. The fourth-order valence-corrected chi connectivity index (χ4v) is 1.44. The van der Waals surface area contributed by atoms with Crippen molar-refractivity contribution in [2.75, 3.05) is 20.0 Å². The van der Waals surface area contributed by atoms with Gasteiger partial charge in [0, 0.05) is 0 Å². The first-order valence-electron chi connectivity index (χ1n) is 6.10. The van der Waals surface area contributed by atoms with Gasteiger partial charge >= 0.3 is 0 Å². The topological polar surface area (TPSA) is 0 Å². The summed E-state index contributed by atoms with van der Waals surface area (Å²) in [5, 5.41) is 0. The van der Waals surface area contributed by atoms with Crippen LogP contribution in [0.4, 0.5) is 13.2 Å². The lowest BCUT2D eigenvalue weighted by atomic mass is 9.92. The Morgan fingerprint density at radius 3 is 1.94 bits per heavy atom. The van der Waals surface area contributed by atoms with Crippen molar-refractivity contribution in [3.63, 3.8) is 0 Å². The lowest BCUT2D eigenvalue weighted by molar-refractivity contribution is 0.163. The lowest BCUT2D eigenvalue weighted by Crippen LogP contribution is -2.25. The zero-order valence-corrected chi connectivity index (χ0v) is 10.2. The largest absolute Gasteiger partial charge is 0.250 e. The highest BCUT2D eigenvalue weighted by Gasteiger charge is 2.27. The Hall–Kier alpha value is -0.470. The van der Waals surface area contributed by atoms with Gasteiger partial charge in [0.25, 0.3) is 0 Å². The number of hydrogen-bond acceptors (Lipinski definition) is 0. The number of halogens is 3. The molecular formula is C13H23F3. The van der Waals surface area contributed by atoms with Gasteiger partial charge in [-0.25, -0.2) is 13.2 Å². The van der Waals surface area contributed by atoms with Crippen molar-refractivity contribution in [2.45, 2.75) is 45.4 Å². The van der Waals surface area contributed by atoms with Gasteiger partial charge in [-0.05, 0) is 12.8 Å². The molecule has 0 saturated heterocycles. The van der Waals surface area contributed by atoms with Gasteiger partial charge in [-0.1, -0.05) is 44.8 Å². The number of allylic oxidation sites excluding steroid dienone is 2. The van der Waals surface area contributed by atoms with E-state index in [0.717, 1.165) is 19.3 Å². The molecule has 0 amide bonds. The summed E-state index contributed by atoms with van der Waals surface area (Å²) in [7, 11) is 0. The molecule has 0 nitrogen and oxygen atoms in total. The van der Waals surface area contributed by atoms with Crippen LogP contribution in [0, 0.1) is 5.41 Å². The zero-order valence-electron chi connectivity index (χ0n) is 10.2. The van der Waals surface area contributed by atoms with E-state index in [4.69, 9.17) is 0 Å². The van der Waals surface area contributed by atoms with Crippen LogP contribution < -0.4 is 0 Å². The number of rotatable bonds is 10. The molecule has 0 rings (SSSR count). The minimum absolute atomic E-state index is 0.783. The van der Waals surface area contributed by atoms with Crippen molar-refractivity contribution in [1.82, 2.24) is 0 Å². The molecule has 0 aliphatic carbocycles. The highest BCUT2D eigenvalue weighted by atomic mass is 19.1. The maximum atomic E-state index is 12.5. The minimum atomic E-state index is -1.51. The van der Waals surface area contributed by atoms with Crippen LogP contribution in [-0.2, 0) is 0 Å². The molecule has 16 heavy (non-hydrogen) atoms. The van der Waals surface area contributed by atoms with Gasteiger partial charge in [0.1, 0.15) is 20.0 Å². The van der Waals surface area contributed by atoms with Crippen LogP contribution in [-0.4, -0.2) is 20.0 Å². The molecule has 0 heterocycles. The van der Waals surface area contributed by atoms with Crippen molar-refractivity contribution in [2.24, 2.45) is 5.41 Å². The van der Waals surface area contributed by atoms with E-state index in [1.54, 1.807) is 6.08 Å². The fourth-order valence-electron chi connectivity index (χ4n) is 1.44. The first-order chi connectivity index (χ1) is 7.74. The maximum Gasteiger partial charge on any atom is 0.104 e. The van der Waals surface area contributed by atoms with Gasteiger partial charge in [-0.2, -0.15) is 0 Å². The Kier molecular flexibility index (Phi) is 9.45.